The summed E-state index contributed by atoms with van der Waals surface area (Å²) in [7, 11) is 0. The predicted molar refractivity (Wildman–Crippen MR) is 105 cm³/mol. The second-order valence-electron chi connectivity index (χ2n) is 7.66. The third-order valence-corrected chi connectivity index (χ3v) is 5.71. The first-order valence-corrected chi connectivity index (χ1v) is 10.6. The van der Waals surface area contributed by atoms with Gasteiger partial charge in [-0.1, -0.05) is 0 Å². The fourth-order valence-electron chi connectivity index (χ4n) is 4.02. The van der Waals surface area contributed by atoms with E-state index in [1.807, 2.05) is 23.6 Å². The van der Waals surface area contributed by atoms with Gasteiger partial charge in [-0.2, -0.15) is 0 Å². The van der Waals surface area contributed by atoms with Gasteiger partial charge in [0.15, 0.2) is 0 Å². The first-order chi connectivity index (χ1) is 13.0. The fourth-order valence-corrected chi connectivity index (χ4v) is 4.02. The third-order valence-electron chi connectivity index (χ3n) is 5.71. The van der Waals surface area contributed by atoms with Crippen LogP contribution in [0.25, 0.3) is 0 Å². The number of carbonyl (C=O) groups excluding carboxylic acids is 3. The summed E-state index contributed by atoms with van der Waals surface area (Å²) in [6, 6.07) is -0.0466. The zero-order chi connectivity index (χ0) is 19.6. The summed E-state index contributed by atoms with van der Waals surface area (Å²) in [6.07, 6.45) is 5.47. The lowest BCUT2D eigenvalue weighted by atomic mass is 9.97. The van der Waals surface area contributed by atoms with Gasteiger partial charge >= 0.3 is 0 Å². The molecule has 2 rings (SSSR count). The smallest absolute Gasteiger partial charge is 0.237 e. The number of hydrogen-bond acceptors (Lipinski definition) is 4. The van der Waals surface area contributed by atoms with Gasteiger partial charge in [0.25, 0.3) is 0 Å². The van der Waals surface area contributed by atoms with Crippen LogP contribution in [-0.4, -0.2) is 72.8 Å². The van der Waals surface area contributed by atoms with Crippen LogP contribution in [0.1, 0.15) is 58.8 Å². The Hall–Kier alpha value is -1.63. The van der Waals surface area contributed by atoms with E-state index in [4.69, 9.17) is 0 Å². The van der Waals surface area contributed by atoms with Crippen molar-refractivity contribution in [3.63, 3.8) is 0 Å². The van der Waals surface area contributed by atoms with Gasteiger partial charge in [0, 0.05) is 45.6 Å². The molecule has 2 saturated heterocycles. The molecule has 0 aromatic rings. The summed E-state index contributed by atoms with van der Waals surface area (Å²) in [5.41, 5.74) is 0. The first-order valence-electron chi connectivity index (χ1n) is 10.6. The van der Waals surface area contributed by atoms with Crippen molar-refractivity contribution < 1.29 is 14.4 Å². The number of nitrogens with zero attached hydrogens (tertiary/aromatic N) is 2. The number of nitrogens with one attached hydrogen (secondary N) is 2. The number of likely N-dealkylation sites (tertiary alicyclic amines) is 1. The Morgan fingerprint density at radius 2 is 1.89 bits per heavy atom. The SMILES string of the molecule is CCN(CC)C(=O)CCCC(=O)N1CCCC(CNC(=O)C2CCCN2)C1. The van der Waals surface area contributed by atoms with Crippen molar-refractivity contribution in [3.8, 4) is 0 Å². The van der Waals surface area contributed by atoms with E-state index in [1.54, 1.807) is 0 Å². The summed E-state index contributed by atoms with van der Waals surface area (Å²) in [5.74, 6) is 0.680. The van der Waals surface area contributed by atoms with Crippen LogP contribution in [0.4, 0.5) is 0 Å². The largest absolute Gasteiger partial charge is 0.354 e. The van der Waals surface area contributed by atoms with Gasteiger partial charge in [-0.3, -0.25) is 14.4 Å². The summed E-state index contributed by atoms with van der Waals surface area (Å²) >= 11 is 0. The van der Waals surface area contributed by atoms with Gasteiger partial charge in [-0.25, -0.2) is 0 Å². The molecule has 0 radical (unpaired) electrons. The summed E-state index contributed by atoms with van der Waals surface area (Å²) < 4.78 is 0. The lowest BCUT2D eigenvalue weighted by Crippen LogP contribution is -2.46. The Balaban J connectivity index is 1.67. The van der Waals surface area contributed by atoms with Crippen molar-refractivity contribution in [2.75, 3.05) is 39.3 Å². The van der Waals surface area contributed by atoms with E-state index in [9.17, 15) is 14.4 Å². The van der Waals surface area contributed by atoms with Gasteiger partial charge < -0.3 is 20.4 Å². The van der Waals surface area contributed by atoms with Crippen LogP contribution in [-0.2, 0) is 14.4 Å². The molecule has 2 fully saturated rings. The maximum atomic E-state index is 12.5. The average molecular weight is 381 g/mol. The molecule has 2 aliphatic heterocycles. The highest BCUT2D eigenvalue weighted by Crippen LogP contribution is 2.17. The van der Waals surface area contributed by atoms with Crippen molar-refractivity contribution in [1.29, 1.82) is 0 Å². The Kier molecular flexibility index (Phi) is 9.04. The maximum Gasteiger partial charge on any atom is 0.237 e. The molecule has 7 heteroatoms. The van der Waals surface area contributed by atoms with Crippen LogP contribution < -0.4 is 10.6 Å². The van der Waals surface area contributed by atoms with Crippen molar-refractivity contribution in [2.24, 2.45) is 5.92 Å². The standard InChI is InChI=1S/C20H36N4O3/c1-3-23(4-2)18(25)10-5-11-19(26)24-13-7-8-16(15-24)14-22-20(27)17-9-6-12-21-17/h16-17,21H,3-15H2,1-2H3,(H,22,27). The van der Waals surface area contributed by atoms with Gasteiger partial charge in [-0.05, 0) is 58.4 Å². The summed E-state index contributed by atoms with van der Waals surface area (Å²) in [4.78, 5) is 40.4. The maximum absolute atomic E-state index is 12.5. The van der Waals surface area contributed by atoms with Crippen molar-refractivity contribution in [2.45, 2.75) is 64.8 Å². The van der Waals surface area contributed by atoms with E-state index in [0.29, 0.717) is 38.3 Å². The van der Waals surface area contributed by atoms with E-state index in [-0.39, 0.29) is 23.8 Å². The van der Waals surface area contributed by atoms with Gasteiger partial charge in [0.1, 0.15) is 0 Å². The normalized spacial score (nSPS) is 22.5. The number of rotatable bonds is 9. The molecule has 0 bridgehead atoms. The summed E-state index contributed by atoms with van der Waals surface area (Å²) in [5, 5.41) is 6.26. The van der Waals surface area contributed by atoms with Crippen LogP contribution >= 0.6 is 0 Å². The molecule has 3 amide bonds. The monoisotopic (exact) mass is 380 g/mol. The molecule has 0 aromatic carbocycles. The minimum Gasteiger partial charge on any atom is -0.354 e. The fraction of sp³-hybridized carbons (Fsp3) is 0.850. The Bertz CT molecular complexity index is 501. The second kappa shape index (κ2) is 11.3. The highest BCUT2D eigenvalue weighted by Gasteiger charge is 2.26. The van der Waals surface area contributed by atoms with Crippen LogP contribution in [0.5, 0.6) is 0 Å². The number of amides is 3. The number of carbonyl (C=O) groups is 3. The lowest BCUT2D eigenvalue weighted by molar-refractivity contribution is -0.133. The molecule has 2 aliphatic rings. The molecule has 0 aliphatic carbocycles. The van der Waals surface area contributed by atoms with Crippen LogP contribution in [0.2, 0.25) is 0 Å². The molecule has 0 spiro atoms. The van der Waals surface area contributed by atoms with E-state index in [2.05, 4.69) is 10.6 Å². The molecule has 2 unspecified atom stereocenters. The van der Waals surface area contributed by atoms with E-state index in [0.717, 1.165) is 51.9 Å². The van der Waals surface area contributed by atoms with Gasteiger partial charge in [0.05, 0.1) is 6.04 Å². The Labute approximate surface area is 163 Å². The molecular formula is C20H36N4O3. The van der Waals surface area contributed by atoms with Crippen molar-refractivity contribution in [3.05, 3.63) is 0 Å². The molecule has 27 heavy (non-hydrogen) atoms. The third kappa shape index (κ3) is 6.79. The van der Waals surface area contributed by atoms with Crippen LogP contribution in [0.15, 0.2) is 0 Å². The molecule has 0 saturated carbocycles. The molecule has 0 aromatic heterocycles. The minimum atomic E-state index is -0.0466. The predicted octanol–water partition coefficient (Wildman–Crippen LogP) is 1.13. The van der Waals surface area contributed by atoms with Crippen molar-refractivity contribution >= 4 is 17.7 Å². The summed E-state index contributed by atoms with van der Waals surface area (Å²) in [6.45, 7) is 8.45. The Morgan fingerprint density at radius 3 is 2.56 bits per heavy atom. The van der Waals surface area contributed by atoms with E-state index >= 15 is 0 Å². The molecule has 2 heterocycles. The topological polar surface area (TPSA) is 81.8 Å². The highest BCUT2D eigenvalue weighted by molar-refractivity contribution is 5.82. The molecule has 7 nitrogen and oxygen atoms in total. The molecule has 2 atom stereocenters. The zero-order valence-corrected chi connectivity index (χ0v) is 17.0. The number of hydrogen-bond donors (Lipinski definition) is 2. The minimum absolute atomic E-state index is 0.0466. The quantitative estimate of drug-likeness (QED) is 0.628. The molecule has 154 valence electrons. The van der Waals surface area contributed by atoms with Crippen LogP contribution in [0.3, 0.4) is 0 Å². The lowest BCUT2D eigenvalue weighted by Gasteiger charge is -2.33. The molecular weight excluding hydrogens is 344 g/mol. The van der Waals surface area contributed by atoms with E-state index in [1.165, 1.54) is 0 Å². The average Bonchev–Trinajstić information content (AvgIpc) is 3.22. The van der Waals surface area contributed by atoms with Crippen LogP contribution in [0, 0.1) is 5.92 Å². The highest BCUT2D eigenvalue weighted by atomic mass is 16.2. The second-order valence-corrected chi connectivity index (χ2v) is 7.66. The van der Waals surface area contributed by atoms with Crippen molar-refractivity contribution in [1.82, 2.24) is 20.4 Å². The number of piperidine rings is 1. The molecule has 2 N–H and O–H groups in total. The van der Waals surface area contributed by atoms with Gasteiger partial charge in [0.2, 0.25) is 17.7 Å². The van der Waals surface area contributed by atoms with Gasteiger partial charge in [-0.15, -0.1) is 0 Å². The zero-order valence-electron chi connectivity index (χ0n) is 17.0. The first kappa shape index (κ1) is 21.7. The Morgan fingerprint density at radius 1 is 1.11 bits per heavy atom. The van der Waals surface area contributed by atoms with E-state index < -0.39 is 0 Å².